The Hall–Kier alpha value is -1.73. The van der Waals surface area contributed by atoms with Gasteiger partial charge in [-0.25, -0.2) is 4.98 Å². The predicted molar refractivity (Wildman–Crippen MR) is 79.0 cm³/mol. The van der Waals surface area contributed by atoms with Gasteiger partial charge in [0.2, 0.25) is 5.91 Å². The normalized spacial score (nSPS) is 17.8. The van der Waals surface area contributed by atoms with Crippen LogP contribution in [-0.4, -0.2) is 41.7 Å². The number of ether oxygens (including phenoxy) is 1. The first-order chi connectivity index (χ1) is 10.0. The van der Waals surface area contributed by atoms with Crippen LogP contribution in [0.2, 0.25) is 0 Å². The molecule has 2 heterocycles. The second kappa shape index (κ2) is 6.82. The summed E-state index contributed by atoms with van der Waals surface area (Å²) in [6.07, 6.45) is 3.83. The van der Waals surface area contributed by atoms with Crippen molar-refractivity contribution >= 4 is 29.3 Å². The summed E-state index contributed by atoms with van der Waals surface area (Å²) in [7, 11) is 0. The number of carbonyl (C=O) groups is 2. The van der Waals surface area contributed by atoms with E-state index in [0.717, 1.165) is 10.7 Å². The molecule has 0 aromatic carbocycles. The van der Waals surface area contributed by atoms with Crippen molar-refractivity contribution < 1.29 is 19.4 Å². The molecule has 1 aromatic rings. The first kappa shape index (κ1) is 15.7. The number of carbonyl (C=O) groups excluding carboxylic acids is 1. The highest BCUT2D eigenvalue weighted by molar-refractivity contribution is 7.09. The van der Waals surface area contributed by atoms with Crippen molar-refractivity contribution in [3.63, 3.8) is 0 Å². The molecule has 2 N–H and O–H groups in total. The summed E-state index contributed by atoms with van der Waals surface area (Å²) >= 11 is 1.51. The summed E-state index contributed by atoms with van der Waals surface area (Å²) in [6, 6.07) is 0. The number of hydrogen-bond acceptors (Lipinski definition) is 5. The molecule has 0 aliphatic carbocycles. The summed E-state index contributed by atoms with van der Waals surface area (Å²) in [5.41, 5.74) is -0.189. The van der Waals surface area contributed by atoms with Gasteiger partial charge >= 0.3 is 5.97 Å². The molecule has 1 saturated heterocycles. The van der Waals surface area contributed by atoms with E-state index >= 15 is 0 Å². The highest BCUT2D eigenvalue weighted by Gasteiger charge is 2.40. The topological polar surface area (TPSA) is 88.5 Å². The lowest BCUT2D eigenvalue weighted by Gasteiger charge is -2.32. The van der Waals surface area contributed by atoms with E-state index in [1.165, 1.54) is 17.4 Å². The molecule has 1 amide bonds. The molecular weight excluding hydrogens is 292 g/mol. The van der Waals surface area contributed by atoms with Crippen molar-refractivity contribution in [1.29, 1.82) is 0 Å². The van der Waals surface area contributed by atoms with Crippen molar-refractivity contribution in [2.45, 2.75) is 19.8 Å². The Kier molecular flexibility index (Phi) is 5.08. The van der Waals surface area contributed by atoms with Gasteiger partial charge in [-0.1, -0.05) is 0 Å². The number of hydrogen-bond donors (Lipinski definition) is 2. The summed E-state index contributed by atoms with van der Waals surface area (Å²) < 4.78 is 5.19. The zero-order valence-corrected chi connectivity index (χ0v) is 12.6. The third kappa shape index (κ3) is 4.12. The molecule has 114 valence electrons. The minimum Gasteiger partial charge on any atom is -0.481 e. The highest BCUT2D eigenvalue weighted by Crippen LogP contribution is 2.30. The summed E-state index contributed by atoms with van der Waals surface area (Å²) in [5, 5.41) is 14.8. The Morgan fingerprint density at radius 2 is 2.24 bits per heavy atom. The molecule has 0 spiro atoms. The van der Waals surface area contributed by atoms with Crippen LogP contribution in [0.1, 0.15) is 23.5 Å². The Balaban J connectivity index is 1.90. The molecule has 1 aliphatic heterocycles. The average Bonchev–Trinajstić information content (AvgIpc) is 2.89. The Labute approximate surface area is 126 Å². The summed E-state index contributed by atoms with van der Waals surface area (Å²) in [6.45, 7) is 2.83. The molecule has 2 rings (SSSR count). The van der Waals surface area contributed by atoms with Gasteiger partial charge in [0.05, 0.1) is 16.1 Å². The number of thiazole rings is 1. The number of amides is 1. The molecular formula is C14H18N2O4S. The minimum atomic E-state index is -0.918. The second-order valence-electron chi connectivity index (χ2n) is 5.04. The lowest BCUT2D eigenvalue weighted by molar-refractivity contribution is -0.154. The summed E-state index contributed by atoms with van der Waals surface area (Å²) in [4.78, 5) is 27.4. The Morgan fingerprint density at radius 1 is 1.52 bits per heavy atom. The number of aliphatic carboxylic acids is 1. The van der Waals surface area contributed by atoms with Crippen molar-refractivity contribution in [2.24, 2.45) is 5.41 Å². The van der Waals surface area contributed by atoms with Crippen molar-refractivity contribution in [1.82, 2.24) is 10.3 Å². The molecule has 0 atom stereocenters. The molecule has 6 nitrogen and oxygen atoms in total. The van der Waals surface area contributed by atoms with E-state index < -0.39 is 11.4 Å². The molecule has 0 saturated carbocycles. The van der Waals surface area contributed by atoms with Gasteiger partial charge in [0.1, 0.15) is 0 Å². The second-order valence-corrected chi connectivity index (χ2v) is 6.10. The van der Waals surface area contributed by atoms with Crippen LogP contribution in [-0.2, 0) is 14.3 Å². The third-order valence-electron chi connectivity index (χ3n) is 3.55. The van der Waals surface area contributed by atoms with Gasteiger partial charge in [-0.15, -0.1) is 11.3 Å². The smallest absolute Gasteiger partial charge is 0.311 e. The van der Waals surface area contributed by atoms with Crippen molar-refractivity contribution in [2.75, 3.05) is 19.8 Å². The van der Waals surface area contributed by atoms with Crippen LogP contribution in [0, 0.1) is 12.3 Å². The van der Waals surface area contributed by atoms with Gasteiger partial charge in [0, 0.05) is 31.2 Å². The van der Waals surface area contributed by atoms with E-state index in [2.05, 4.69) is 10.3 Å². The molecule has 0 bridgehead atoms. The van der Waals surface area contributed by atoms with Gasteiger partial charge in [-0.2, -0.15) is 0 Å². The summed E-state index contributed by atoms with van der Waals surface area (Å²) in [5.74, 6) is -1.20. The predicted octanol–water partition coefficient (Wildman–Crippen LogP) is 1.46. The highest BCUT2D eigenvalue weighted by atomic mass is 32.1. The number of aromatic nitrogens is 1. The fourth-order valence-electron chi connectivity index (χ4n) is 2.16. The van der Waals surface area contributed by atoms with Crippen LogP contribution in [0.15, 0.2) is 11.5 Å². The van der Waals surface area contributed by atoms with E-state index in [-0.39, 0.29) is 12.5 Å². The first-order valence-electron chi connectivity index (χ1n) is 6.71. The third-order valence-corrected chi connectivity index (χ3v) is 4.34. The van der Waals surface area contributed by atoms with E-state index in [9.17, 15) is 14.7 Å². The largest absolute Gasteiger partial charge is 0.481 e. The first-order valence-corrected chi connectivity index (χ1v) is 7.59. The van der Waals surface area contributed by atoms with Crippen molar-refractivity contribution in [3.8, 4) is 0 Å². The molecule has 0 radical (unpaired) electrons. The maximum absolute atomic E-state index is 11.8. The maximum Gasteiger partial charge on any atom is 0.311 e. The van der Waals surface area contributed by atoms with Crippen LogP contribution in [0.4, 0.5) is 0 Å². The zero-order valence-electron chi connectivity index (χ0n) is 11.8. The molecule has 1 fully saturated rings. The van der Waals surface area contributed by atoms with Crippen molar-refractivity contribution in [3.05, 3.63) is 22.2 Å². The SMILES string of the molecule is Cc1nc(/C=C/C(=O)NCC2(C(=O)O)CCOCC2)cs1. The molecule has 7 heteroatoms. The maximum atomic E-state index is 11.8. The van der Waals surface area contributed by atoms with Gasteiger partial charge in [-0.05, 0) is 25.8 Å². The lowest BCUT2D eigenvalue weighted by atomic mass is 9.80. The van der Waals surface area contributed by atoms with Crippen LogP contribution in [0.5, 0.6) is 0 Å². The van der Waals surface area contributed by atoms with Gasteiger partial charge in [0.25, 0.3) is 0 Å². The molecule has 0 unspecified atom stereocenters. The average molecular weight is 310 g/mol. The zero-order chi connectivity index (χ0) is 15.3. The molecule has 1 aliphatic rings. The monoisotopic (exact) mass is 310 g/mol. The number of nitrogens with one attached hydrogen (secondary N) is 1. The number of rotatable bonds is 5. The Morgan fingerprint density at radius 3 is 2.81 bits per heavy atom. The number of aryl methyl sites for hydroxylation is 1. The van der Waals surface area contributed by atoms with Gasteiger partial charge in [-0.3, -0.25) is 9.59 Å². The number of carboxylic acid groups (broad SMARTS) is 1. The fourth-order valence-corrected chi connectivity index (χ4v) is 2.74. The number of nitrogens with zero attached hydrogens (tertiary/aromatic N) is 1. The van der Waals surface area contributed by atoms with E-state index in [4.69, 9.17) is 4.74 Å². The standard InChI is InChI=1S/C14H18N2O4S/c1-10-16-11(8-21-10)2-3-12(17)15-9-14(13(18)19)4-6-20-7-5-14/h2-3,8H,4-7,9H2,1H3,(H,15,17)(H,18,19)/b3-2+. The van der Waals surface area contributed by atoms with Gasteiger partial charge in [0.15, 0.2) is 0 Å². The lowest BCUT2D eigenvalue weighted by Crippen LogP contribution is -2.46. The van der Waals surface area contributed by atoms with Crippen LogP contribution in [0.25, 0.3) is 6.08 Å². The van der Waals surface area contributed by atoms with E-state index in [0.29, 0.717) is 26.1 Å². The van der Waals surface area contributed by atoms with Gasteiger partial charge < -0.3 is 15.2 Å². The minimum absolute atomic E-state index is 0.116. The van der Waals surface area contributed by atoms with Crippen LogP contribution >= 0.6 is 11.3 Å². The molecule has 21 heavy (non-hydrogen) atoms. The number of carboxylic acids is 1. The Bertz CT molecular complexity index is 547. The fraction of sp³-hybridized carbons (Fsp3) is 0.500. The quantitative estimate of drug-likeness (QED) is 0.804. The van der Waals surface area contributed by atoms with Crippen LogP contribution < -0.4 is 5.32 Å². The van der Waals surface area contributed by atoms with E-state index in [1.54, 1.807) is 6.08 Å². The van der Waals surface area contributed by atoms with E-state index in [1.807, 2.05) is 12.3 Å². The van der Waals surface area contributed by atoms with Crippen LogP contribution in [0.3, 0.4) is 0 Å². The molecule has 1 aromatic heterocycles.